The van der Waals surface area contributed by atoms with Gasteiger partial charge in [-0.15, -0.1) is 0 Å². The molecule has 0 spiro atoms. The number of hydrogen-bond acceptors (Lipinski definition) is 5. The van der Waals surface area contributed by atoms with Crippen molar-refractivity contribution in [1.29, 1.82) is 5.26 Å². The molecule has 0 saturated heterocycles. The summed E-state index contributed by atoms with van der Waals surface area (Å²) in [5.41, 5.74) is 3.15. The topological polar surface area (TPSA) is 112 Å². The molecule has 8 nitrogen and oxygen atoms in total. The Labute approximate surface area is 200 Å². The molecule has 0 aromatic heterocycles. The monoisotopic (exact) mass is 464 g/mol. The second-order valence-electron chi connectivity index (χ2n) is 9.10. The van der Waals surface area contributed by atoms with E-state index in [2.05, 4.69) is 10.6 Å². The number of anilines is 1. The predicted molar refractivity (Wildman–Crippen MR) is 130 cm³/mol. The zero-order chi connectivity index (χ0) is 25.5. The minimum atomic E-state index is -1.08. The second-order valence-corrected chi connectivity index (χ2v) is 9.10. The first-order chi connectivity index (χ1) is 15.9. The van der Waals surface area contributed by atoms with E-state index in [1.165, 1.54) is 4.90 Å². The third kappa shape index (κ3) is 7.34. The number of alkyl carbamates (subject to hydrolysis) is 1. The van der Waals surface area contributed by atoms with Crippen molar-refractivity contribution in [3.05, 3.63) is 64.7 Å². The molecule has 1 unspecified atom stereocenters. The Morgan fingerprint density at radius 3 is 2.32 bits per heavy atom. The molecule has 2 rings (SSSR count). The highest BCUT2D eigenvalue weighted by Gasteiger charge is 2.33. The van der Waals surface area contributed by atoms with Gasteiger partial charge in [-0.05, 0) is 64.3 Å². The van der Waals surface area contributed by atoms with Gasteiger partial charge in [-0.25, -0.2) is 4.79 Å². The van der Waals surface area contributed by atoms with Crippen LogP contribution in [-0.2, 0) is 14.3 Å². The minimum absolute atomic E-state index is 0.339. The Balaban J connectivity index is 2.39. The molecule has 0 radical (unpaired) electrons. The van der Waals surface area contributed by atoms with E-state index in [1.807, 2.05) is 51.1 Å². The lowest BCUT2D eigenvalue weighted by atomic mass is 9.96. The van der Waals surface area contributed by atoms with Crippen molar-refractivity contribution < 1.29 is 19.1 Å². The van der Waals surface area contributed by atoms with Gasteiger partial charge >= 0.3 is 6.09 Å². The molecule has 0 fully saturated rings. The third-order valence-electron chi connectivity index (χ3n) is 5.03. The van der Waals surface area contributed by atoms with Gasteiger partial charge in [0.2, 0.25) is 5.91 Å². The number of benzene rings is 2. The number of carbonyl (C=O) groups is 3. The van der Waals surface area contributed by atoms with Crippen LogP contribution in [-0.4, -0.2) is 41.5 Å². The summed E-state index contributed by atoms with van der Waals surface area (Å²) in [5.74, 6) is -1.04. The van der Waals surface area contributed by atoms with E-state index in [9.17, 15) is 19.6 Å². The van der Waals surface area contributed by atoms with Gasteiger partial charge in [-0.2, -0.15) is 5.26 Å². The quantitative estimate of drug-likeness (QED) is 0.598. The van der Waals surface area contributed by atoms with E-state index < -0.39 is 36.1 Å². The molecule has 8 heteroatoms. The van der Waals surface area contributed by atoms with Gasteiger partial charge in [-0.1, -0.05) is 42.0 Å². The minimum Gasteiger partial charge on any atom is -0.444 e. The molecule has 0 saturated carbocycles. The van der Waals surface area contributed by atoms with Gasteiger partial charge in [-0.3, -0.25) is 9.59 Å². The van der Waals surface area contributed by atoms with Gasteiger partial charge in [0.15, 0.2) is 0 Å². The lowest BCUT2D eigenvalue weighted by molar-refractivity contribution is -0.137. The third-order valence-corrected chi connectivity index (χ3v) is 5.03. The Bertz CT molecular complexity index is 1100. The lowest BCUT2D eigenvalue weighted by Crippen LogP contribution is -2.47. The number of ether oxygens (including phenoxy) is 1. The molecule has 0 bridgehead atoms. The van der Waals surface area contributed by atoms with Crippen molar-refractivity contribution in [3.8, 4) is 6.07 Å². The maximum absolute atomic E-state index is 13.5. The largest absolute Gasteiger partial charge is 0.444 e. The highest BCUT2D eigenvalue weighted by Crippen LogP contribution is 2.27. The molecule has 180 valence electrons. The molecule has 0 aliphatic heterocycles. The highest BCUT2D eigenvalue weighted by molar-refractivity contribution is 5.99. The molecular formula is C26H32N4O4. The second kappa shape index (κ2) is 11.3. The summed E-state index contributed by atoms with van der Waals surface area (Å²) in [6, 6.07) is 13.7. The summed E-state index contributed by atoms with van der Waals surface area (Å²) in [6.07, 6.45) is -0.759. The fraction of sp³-hybridized carbons (Fsp3) is 0.385. The van der Waals surface area contributed by atoms with E-state index in [0.29, 0.717) is 11.3 Å². The van der Waals surface area contributed by atoms with E-state index in [1.54, 1.807) is 39.0 Å². The maximum atomic E-state index is 13.5. The zero-order valence-corrected chi connectivity index (χ0v) is 20.6. The van der Waals surface area contributed by atoms with Gasteiger partial charge in [0.25, 0.3) is 5.91 Å². The van der Waals surface area contributed by atoms with E-state index >= 15 is 0 Å². The van der Waals surface area contributed by atoms with Crippen molar-refractivity contribution in [2.45, 2.75) is 53.2 Å². The number of carbonyl (C=O) groups excluding carboxylic acids is 3. The number of amides is 3. The first-order valence-electron chi connectivity index (χ1n) is 11.0. The summed E-state index contributed by atoms with van der Waals surface area (Å²) in [4.78, 5) is 39.9. The van der Waals surface area contributed by atoms with Crippen LogP contribution in [0.15, 0.2) is 42.5 Å². The molecule has 1 atom stereocenters. The standard InChI is InChI=1S/C26H32N4O4/c1-17-11-12-20(19(3)15-17)23(24(32)29-21-10-8-7-9-18(21)2)30(14-13-27)22(31)16-28-25(33)34-26(4,5)6/h7-12,15,23H,14,16H2,1-6H3,(H,28,33)(H,29,32). The summed E-state index contributed by atoms with van der Waals surface area (Å²) in [5, 5.41) is 14.8. The summed E-state index contributed by atoms with van der Waals surface area (Å²) in [6.45, 7) is 10.0. The number of nitrogens with zero attached hydrogens (tertiary/aromatic N) is 2. The Morgan fingerprint density at radius 2 is 1.74 bits per heavy atom. The Hall–Kier alpha value is -3.86. The molecular weight excluding hydrogens is 432 g/mol. The molecule has 0 aliphatic carbocycles. The van der Waals surface area contributed by atoms with Crippen LogP contribution in [0.25, 0.3) is 0 Å². The van der Waals surface area contributed by atoms with Crippen LogP contribution >= 0.6 is 0 Å². The zero-order valence-electron chi connectivity index (χ0n) is 20.6. The molecule has 0 heterocycles. The Morgan fingerprint density at radius 1 is 1.06 bits per heavy atom. The number of rotatable bonds is 7. The van der Waals surface area contributed by atoms with Gasteiger partial charge in [0.05, 0.1) is 6.07 Å². The first-order valence-corrected chi connectivity index (χ1v) is 11.0. The Kier molecular flexibility index (Phi) is 8.79. The van der Waals surface area contributed by atoms with Crippen LogP contribution in [0.3, 0.4) is 0 Å². The van der Waals surface area contributed by atoms with E-state index in [-0.39, 0.29) is 6.54 Å². The summed E-state index contributed by atoms with van der Waals surface area (Å²) < 4.78 is 5.18. The van der Waals surface area contributed by atoms with Crippen LogP contribution < -0.4 is 10.6 Å². The van der Waals surface area contributed by atoms with Gasteiger partial charge in [0.1, 0.15) is 24.7 Å². The number of nitriles is 1. The van der Waals surface area contributed by atoms with Crippen LogP contribution in [0, 0.1) is 32.1 Å². The van der Waals surface area contributed by atoms with Crippen LogP contribution in [0.1, 0.15) is 49.1 Å². The molecule has 2 aromatic rings. The predicted octanol–water partition coefficient (Wildman–Crippen LogP) is 4.17. The lowest BCUT2D eigenvalue weighted by Gasteiger charge is -2.31. The van der Waals surface area contributed by atoms with Crippen LogP contribution in [0.2, 0.25) is 0 Å². The molecule has 34 heavy (non-hydrogen) atoms. The van der Waals surface area contributed by atoms with Crippen LogP contribution in [0.4, 0.5) is 10.5 Å². The fourth-order valence-electron chi connectivity index (χ4n) is 3.46. The maximum Gasteiger partial charge on any atom is 0.408 e. The molecule has 3 amide bonds. The first kappa shape index (κ1) is 26.4. The molecule has 2 N–H and O–H groups in total. The average Bonchev–Trinajstić information content (AvgIpc) is 2.73. The van der Waals surface area contributed by atoms with Gasteiger partial charge in [0, 0.05) is 5.69 Å². The van der Waals surface area contributed by atoms with Crippen molar-refractivity contribution >= 4 is 23.6 Å². The van der Waals surface area contributed by atoms with E-state index in [0.717, 1.165) is 16.7 Å². The molecule has 0 aliphatic rings. The van der Waals surface area contributed by atoms with Crippen molar-refractivity contribution in [2.75, 3.05) is 18.4 Å². The number of para-hydroxylation sites is 1. The van der Waals surface area contributed by atoms with E-state index in [4.69, 9.17) is 4.74 Å². The summed E-state index contributed by atoms with van der Waals surface area (Å²) >= 11 is 0. The highest BCUT2D eigenvalue weighted by atomic mass is 16.6. The smallest absolute Gasteiger partial charge is 0.408 e. The van der Waals surface area contributed by atoms with Gasteiger partial charge < -0.3 is 20.3 Å². The SMILES string of the molecule is Cc1ccc(C(C(=O)Nc2ccccc2C)N(CC#N)C(=O)CNC(=O)OC(C)(C)C)c(C)c1. The van der Waals surface area contributed by atoms with Crippen molar-refractivity contribution in [2.24, 2.45) is 0 Å². The normalized spacial score (nSPS) is 11.7. The summed E-state index contributed by atoms with van der Waals surface area (Å²) in [7, 11) is 0. The number of nitrogens with one attached hydrogen (secondary N) is 2. The molecule has 2 aromatic carbocycles. The number of hydrogen-bond donors (Lipinski definition) is 2. The fourth-order valence-corrected chi connectivity index (χ4v) is 3.46. The van der Waals surface area contributed by atoms with Crippen molar-refractivity contribution in [1.82, 2.24) is 10.2 Å². The number of aryl methyl sites for hydroxylation is 3. The van der Waals surface area contributed by atoms with Crippen LogP contribution in [0.5, 0.6) is 0 Å². The van der Waals surface area contributed by atoms with Crippen molar-refractivity contribution in [3.63, 3.8) is 0 Å². The average molecular weight is 465 g/mol.